The molecule has 0 bridgehead atoms. The van der Waals surface area contributed by atoms with Crippen molar-refractivity contribution in [2.75, 3.05) is 10.2 Å². The Morgan fingerprint density at radius 2 is 1.42 bits per heavy atom. The van der Waals surface area contributed by atoms with Crippen molar-refractivity contribution in [3.8, 4) is 22.3 Å². The van der Waals surface area contributed by atoms with E-state index in [1.807, 2.05) is 0 Å². The molecule has 2 nitrogen and oxygen atoms in total. The number of rotatable bonds is 7. The predicted molar refractivity (Wildman–Crippen MR) is 251 cm³/mol. The number of para-hydroxylation sites is 1. The van der Waals surface area contributed by atoms with Crippen LogP contribution in [0, 0.1) is 11.8 Å². The fourth-order valence-electron chi connectivity index (χ4n) is 10.6. The maximum absolute atomic E-state index is 3.82. The number of fused-ring (bicyclic) bond motifs is 6. The van der Waals surface area contributed by atoms with Crippen LogP contribution >= 0.6 is 0 Å². The van der Waals surface area contributed by atoms with Gasteiger partial charge in [0.1, 0.15) is 0 Å². The first kappa shape index (κ1) is 35.8. The van der Waals surface area contributed by atoms with E-state index in [0.29, 0.717) is 5.92 Å². The van der Waals surface area contributed by atoms with Gasteiger partial charge >= 0.3 is 0 Å². The Hall–Kier alpha value is -6.38. The van der Waals surface area contributed by atoms with Crippen molar-refractivity contribution in [2.24, 2.45) is 11.8 Å². The third-order valence-electron chi connectivity index (χ3n) is 13.6. The Bertz CT molecular complexity index is 2870. The van der Waals surface area contributed by atoms with Crippen molar-refractivity contribution in [2.45, 2.75) is 57.4 Å². The number of nitrogens with one attached hydrogen (secondary N) is 1. The second kappa shape index (κ2) is 14.5. The summed E-state index contributed by atoms with van der Waals surface area (Å²) in [4.78, 5) is 2.73. The Morgan fingerprint density at radius 3 is 2.32 bits per heavy atom. The molecule has 0 saturated heterocycles. The standard InChI is InChI=1S/C57H50N2/c1-57(2)52-35-43-33-42-23-11-12-26-48(42)56(59(45-31-29-38-17-9-10-22-41(38)34-45)55-28-16-14-25-47(55)40-20-7-4-8-21-40)50(43)37-51(52)49-32-30-44(36-53(49)57)58-54-27-15-13-24-46(54)39-18-5-3-6-19-39/h3,5-7,10-16,18-28,30-38,47,55,58H,4,8-9,17,29H2,1-2H3. The van der Waals surface area contributed by atoms with Gasteiger partial charge in [0.05, 0.1) is 11.7 Å². The van der Waals surface area contributed by atoms with Crippen LogP contribution in [0.25, 0.3) is 43.8 Å². The summed E-state index contributed by atoms with van der Waals surface area (Å²) in [5.41, 5.74) is 15.4. The van der Waals surface area contributed by atoms with E-state index in [4.69, 9.17) is 0 Å². The molecule has 0 amide bonds. The summed E-state index contributed by atoms with van der Waals surface area (Å²) in [6, 6.07) is 43.0. The molecule has 0 saturated carbocycles. The first-order valence-corrected chi connectivity index (χ1v) is 21.7. The van der Waals surface area contributed by atoms with Crippen molar-refractivity contribution >= 4 is 38.6 Å². The third-order valence-corrected chi connectivity index (χ3v) is 13.6. The molecule has 11 rings (SSSR count). The highest BCUT2D eigenvalue weighted by Crippen LogP contribution is 2.53. The summed E-state index contributed by atoms with van der Waals surface area (Å²) in [6.45, 7) is 4.81. The lowest BCUT2D eigenvalue weighted by Crippen LogP contribution is -2.40. The quantitative estimate of drug-likeness (QED) is 0.163. The van der Waals surface area contributed by atoms with Crippen LogP contribution in [0.1, 0.15) is 57.1 Å². The molecule has 2 heteroatoms. The molecule has 59 heavy (non-hydrogen) atoms. The monoisotopic (exact) mass is 762 g/mol. The summed E-state index contributed by atoms with van der Waals surface area (Å²) in [7, 11) is 0. The summed E-state index contributed by atoms with van der Waals surface area (Å²) in [5.74, 6) is 0.834. The molecular formula is C57H50N2. The molecule has 6 aromatic carbocycles. The molecule has 1 N–H and O–H groups in total. The third kappa shape index (κ3) is 6.16. The minimum atomic E-state index is -0.179. The summed E-state index contributed by atoms with van der Waals surface area (Å²) < 4.78 is 0. The fourth-order valence-corrected chi connectivity index (χ4v) is 10.6. The number of hydrogen-bond donors (Lipinski definition) is 1. The zero-order valence-electron chi connectivity index (χ0n) is 34.0. The van der Waals surface area contributed by atoms with Crippen LogP contribution < -0.4 is 10.2 Å². The molecule has 5 aliphatic rings. The minimum Gasteiger partial charge on any atom is -0.355 e. The van der Waals surface area contributed by atoms with Gasteiger partial charge in [0.15, 0.2) is 0 Å². The highest BCUT2D eigenvalue weighted by atomic mass is 15.2. The van der Waals surface area contributed by atoms with Gasteiger partial charge in [-0.2, -0.15) is 0 Å². The number of benzene rings is 6. The molecule has 3 unspecified atom stereocenters. The van der Waals surface area contributed by atoms with Gasteiger partial charge in [-0.25, -0.2) is 0 Å². The van der Waals surface area contributed by atoms with E-state index in [0.717, 1.165) is 30.6 Å². The van der Waals surface area contributed by atoms with Crippen LogP contribution in [0.3, 0.4) is 0 Å². The van der Waals surface area contributed by atoms with E-state index in [-0.39, 0.29) is 17.4 Å². The van der Waals surface area contributed by atoms with Crippen molar-refractivity contribution in [1.29, 1.82) is 0 Å². The highest BCUT2D eigenvalue weighted by Gasteiger charge is 2.38. The summed E-state index contributed by atoms with van der Waals surface area (Å²) in [5, 5.41) is 9.00. The second-order valence-corrected chi connectivity index (χ2v) is 17.5. The maximum atomic E-state index is 3.82. The number of anilines is 3. The van der Waals surface area contributed by atoms with Crippen molar-refractivity contribution in [3.63, 3.8) is 0 Å². The first-order chi connectivity index (χ1) is 29.0. The van der Waals surface area contributed by atoms with Crippen LogP contribution in [0.5, 0.6) is 0 Å². The largest absolute Gasteiger partial charge is 0.355 e. The highest BCUT2D eigenvalue weighted by molar-refractivity contribution is 6.14. The van der Waals surface area contributed by atoms with Crippen LogP contribution in [0.4, 0.5) is 17.1 Å². The van der Waals surface area contributed by atoms with Gasteiger partial charge in [0, 0.05) is 44.7 Å². The van der Waals surface area contributed by atoms with Crippen molar-refractivity contribution in [1.82, 2.24) is 0 Å². The summed E-state index contributed by atoms with van der Waals surface area (Å²) in [6.07, 6.45) is 32.2. The first-order valence-electron chi connectivity index (χ1n) is 21.7. The maximum Gasteiger partial charge on any atom is 0.0628 e. The number of nitrogens with zero attached hydrogens (tertiary/aromatic N) is 1. The lowest BCUT2D eigenvalue weighted by molar-refractivity contribution is 0.555. The van der Waals surface area contributed by atoms with Gasteiger partial charge in [0.2, 0.25) is 0 Å². The molecule has 0 aliphatic heterocycles. The lowest BCUT2D eigenvalue weighted by Gasteiger charge is -2.41. The number of hydrogen-bond acceptors (Lipinski definition) is 2. The fraction of sp³-hybridized carbons (Fsp3) is 0.193. The normalized spacial score (nSPS) is 21.1. The molecule has 5 aliphatic carbocycles. The van der Waals surface area contributed by atoms with E-state index < -0.39 is 0 Å². The van der Waals surface area contributed by atoms with E-state index >= 15 is 0 Å². The Morgan fingerprint density at radius 1 is 0.627 bits per heavy atom. The second-order valence-electron chi connectivity index (χ2n) is 17.5. The minimum absolute atomic E-state index is 0.111. The van der Waals surface area contributed by atoms with Gasteiger partial charge in [0.25, 0.3) is 0 Å². The SMILES string of the molecule is CC1(C)c2cc(Nc3ccccc3-c3ccccc3)ccc2-c2cc3c(N(C4=CCC5CCC=CC5=C4)C4C=CC=CC4C4=CCCC=C4)c4ccccc4cc3cc21. The van der Waals surface area contributed by atoms with Gasteiger partial charge in [-0.15, -0.1) is 0 Å². The molecule has 0 spiro atoms. The smallest absolute Gasteiger partial charge is 0.0628 e. The average molecular weight is 763 g/mol. The Labute approximate surface area is 349 Å². The van der Waals surface area contributed by atoms with Crippen LogP contribution in [0.2, 0.25) is 0 Å². The molecule has 0 aromatic heterocycles. The number of allylic oxidation sites excluding steroid dienone is 10. The zero-order chi connectivity index (χ0) is 39.5. The van der Waals surface area contributed by atoms with E-state index in [9.17, 15) is 0 Å². The van der Waals surface area contributed by atoms with E-state index in [1.54, 1.807) is 0 Å². The van der Waals surface area contributed by atoms with E-state index in [1.165, 1.54) is 90.3 Å². The Balaban J connectivity index is 1.09. The summed E-state index contributed by atoms with van der Waals surface area (Å²) >= 11 is 0. The van der Waals surface area contributed by atoms with Gasteiger partial charge in [-0.3, -0.25) is 0 Å². The average Bonchev–Trinajstić information content (AvgIpc) is 3.50. The Kier molecular flexibility index (Phi) is 8.77. The van der Waals surface area contributed by atoms with E-state index in [2.05, 4.69) is 206 Å². The van der Waals surface area contributed by atoms with Crippen LogP contribution in [-0.4, -0.2) is 6.04 Å². The molecule has 0 radical (unpaired) electrons. The predicted octanol–water partition coefficient (Wildman–Crippen LogP) is 15.1. The van der Waals surface area contributed by atoms with Crippen molar-refractivity contribution in [3.05, 3.63) is 210 Å². The molecule has 6 aromatic rings. The molecule has 288 valence electrons. The zero-order valence-corrected chi connectivity index (χ0v) is 34.0. The van der Waals surface area contributed by atoms with Gasteiger partial charge in [-0.05, 0) is 130 Å². The van der Waals surface area contributed by atoms with Gasteiger partial charge in [-0.1, -0.05) is 153 Å². The molecule has 3 atom stereocenters. The van der Waals surface area contributed by atoms with Crippen molar-refractivity contribution < 1.29 is 0 Å². The molecule has 0 heterocycles. The lowest BCUT2D eigenvalue weighted by atomic mass is 9.80. The van der Waals surface area contributed by atoms with Crippen LogP contribution in [-0.2, 0) is 5.41 Å². The molecular weight excluding hydrogens is 713 g/mol. The van der Waals surface area contributed by atoms with Gasteiger partial charge < -0.3 is 10.2 Å². The topological polar surface area (TPSA) is 15.3 Å². The molecule has 0 fully saturated rings. The van der Waals surface area contributed by atoms with Crippen LogP contribution in [0.15, 0.2) is 199 Å².